The van der Waals surface area contributed by atoms with Crippen molar-refractivity contribution in [3.8, 4) is 0 Å². The molecule has 0 atom stereocenters. The van der Waals surface area contributed by atoms with Crippen LogP contribution in [0.1, 0.15) is 24.0 Å². The van der Waals surface area contributed by atoms with E-state index in [0.717, 1.165) is 12.1 Å². The molecule has 1 aliphatic rings. The van der Waals surface area contributed by atoms with Gasteiger partial charge in [-0.15, -0.1) is 0 Å². The van der Waals surface area contributed by atoms with Crippen LogP contribution in [0.2, 0.25) is 0 Å². The lowest BCUT2D eigenvalue weighted by molar-refractivity contribution is -0.141. The first-order valence-corrected chi connectivity index (χ1v) is 6.32. The van der Waals surface area contributed by atoms with Crippen LogP contribution in [-0.2, 0) is 25.9 Å². The van der Waals surface area contributed by atoms with Gasteiger partial charge in [-0.3, -0.25) is 9.59 Å². The van der Waals surface area contributed by atoms with Crippen molar-refractivity contribution in [2.75, 3.05) is 13.7 Å². The molecule has 21 heavy (non-hydrogen) atoms. The highest BCUT2D eigenvalue weighted by Gasteiger charge is 2.51. The molecule has 1 aromatic rings. The molecular formula is C14H14F3NO3. The minimum atomic E-state index is -4.45. The molecule has 1 amide bonds. The van der Waals surface area contributed by atoms with E-state index in [1.165, 1.54) is 19.2 Å². The molecule has 0 radical (unpaired) electrons. The molecule has 1 fully saturated rings. The molecule has 0 bridgehead atoms. The Hall–Kier alpha value is -2.05. The average Bonchev–Trinajstić information content (AvgIpc) is 3.25. The summed E-state index contributed by atoms with van der Waals surface area (Å²) >= 11 is 0. The summed E-state index contributed by atoms with van der Waals surface area (Å²) in [7, 11) is 1.19. The summed E-state index contributed by atoms with van der Waals surface area (Å²) in [5, 5.41) is 2.40. The maximum atomic E-state index is 12.7. The lowest BCUT2D eigenvalue weighted by Crippen LogP contribution is -2.38. The van der Waals surface area contributed by atoms with Gasteiger partial charge in [0.25, 0.3) is 0 Å². The molecule has 1 aromatic carbocycles. The molecule has 0 aromatic heterocycles. The predicted octanol–water partition coefficient (Wildman–Crippen LogP) is 2.03. The molecule has 0 saturated heterocycles. The van der Waals surface area contributed by atoms with E-state index >= 15 is 0 Å². The molecule has 0 heterocycles. The number of amides is 1. The molecule has 1 saturated carbocycles. The van der Waals surface area contributed by atoms with Crippen molar-refractivity contribution >= 4 is 11.9 Å². The Morgan fingerprint density at radius 3 is 2.52 bits per heavy atom. The third kappa shape index (κ3) is 3.17. The van der Waals surface area contributed by atoms with E-state index in [2.05, 4.69) is 10.1 Å². The van der Waals surface area contributed by atoms with E-state index in [-0.39, 0.29) is 6.54 Å². The number of methoxy groups -OCH3 is 1. The van der Waals surface area contributed by atoms with E-state index in [9.17, 15) is 22.8 Å². The second-order valence-corrected chi connectivity index (χ2v) is 4.92. The Bertz CT molecular complexity index is 565. The number of carbonyl (C=O) groups excluding carboxylic acids is 2. The summed E-state index contributed by atoms with van der Waals surface area (Å²) in [4.78, 5) is 23.1. The standard InChI is InChI=1S/C14H14F3NO3/c1-21-11(19)8-18-12(20)13(5-6-13)9-3-2-4-10(7-9)14(15,16)17/h2-4,7H,5-6,8H2,1H3,(H,18,20). The average molecular weight is 301 g/mol. The van der Waals surface area contributed by atoms with Gasteiger partial charge in [0.15, 0.2) is 0 Å². The maximum absolute atomic E-state index is 12.7. The second kappa shape index (κ2) is 5.38. The molecule has 0 aliphatic heterocycles. The molecule has 4 nitrogen and oxygen atoms in total. The highest BCUT2D eigenvalue weighted by atomic mass is 19.4. The van der Waals surface area contributed by atoms with Crippen LogP contribution in [0.25, 0.3) is 0 Å². The van der Waals surface area contributed by atoms with Crippen LogP contribution in [0.4, 0.5) is 13.2 Å². The monoisotopic (exact) mass is 301 g/mol. The van der Waals surface area contributed by atoms with Crippen molar-refractivity contribution in [3.05, 3.63) is 35.4 Å². The van der Waals surface area contributed by atoms with Crippen molar-refractivity contribution in [1.29, 1.82) is 0 Å². The highest BCUT2D eigenvalue weighted by Crippen LogP contribution is 2.49. The molecule has 0 unspecified atom stereocenters. The number of ether oxygens (including phenoxy) is 1. The first-order valence-electron chi connectivity index (χ1n) is 6.32. The second-order valence-electron chi connectivity index (χ2n) is 4.92. The van der Waals surface area contributed by atoms with Gasteiger partial charge in [-0.2, -0.15) is 13.2 Å². The molecule has 7 heteroatoms. The molecule has 2 rings (SSSR count). The van der Waals surface area contributed by atoms with E-state index < -0.39 is 29.0 Å². The number of alkyl halides is 3. The number of hydrogen-bond donors (Lipinski definition) is 1. The van der Waals surface area contributed by atoms with Crippen molar-refractivity contribution < 1.29 is 27.5 Å². The van der Waals surface area contributed by atoms with Gasteiger partial charge < -0.3 is 10.1 Å². The zero-order valence-corrected chi connectivity index (χ0v) is 11.3. The third-order valence-electron chi connectivity index (χ3n) is 3.55. The molecular weight excluding hydrogens is 287 g/mol. The summed E-state index contributed by atoms with van der Waals surface area (Å²) in [5.41, 5.74) is -1.43. The molecule has 1 N–H and O–H groups in total. The van der Waals surface area contributed by atoms with E-state index in [1.807, 2.05) is 0 Å². The molecule has 114 valence electrons. The van der Waals surface area contributed by atoms with Crippen LogP contribution in [-0.4, -0.2) is 25.5 Å². The van der Waals surface area contributed by atoms with Crippen LogP contribution < -0.4 is 5.32 Å². The van der Waals surface area contributed by atoms with Gasteiger partial charge >= 0.3 is 12.1 Å². The number of carbonyl (C=O) groups is 2. The van der Waals surface area contributed by atoms with Crippen LogP contribution in [0, 0.1) is 0 Å². The Morgan fingerprint density at radius 2 is 2.00 bits per heavy atom. The molecule has 0 spiro atoms. The van der Waals surface area contributed by atoms with Crippen molar-refractivity contribution in [3.63, 3.8) is 0 Å². The lowest BCUT2D eigenvalue weighted by atomic mass is 9.93. The number of halogens is 3. The summed E-state index contributed by atoms with van der Waals surface area (Å²) in [6.07, 6.45) is -3.53. The fourth-order valence-electron chi connectivity index (χ4n) is 2.16. The summed E-state index contributed by atoms with van der Waals surface area (Å²) in [6, 6.07) is 4.74. The van der Waals surface area contributed by atoms with E-state index in [4.69, 9.17) is 0 Å². The van der Waals surface area contributed by atoms with E-state index in [1.54, 1.807) is 0 Å². The normalized spacial score (nSPS) is 16.2. The van der Waals surface area contributed by atoms with E-state index in [0.29, 0.717) is 18.4 Å². The number of rotatable bonds is 4. The Morgan fingerprint density at radius 1 is 1.33 bits per heavy atom. The van der Waals surface area contributed by atoms with Crippen LogP contribution in [0.5, 0.6) is 0 Å². The summed E-state index contributed by atoms with van der Waals surface area (Å²) < 4.78 is 42.5. The summed E-state index contributed by atoms with van der Waals surface area (Å²) in [6.45, 7) is -0.296. The Balaban J connectivity index is 2.17. The largest absolute Gasteiger partial charge is 0.468 e. The first-order chi connectivity index (χ1) is 9.79. The SMILES string of the molecule is COC(=O)CNC(=O)C1(c2cccc(C(F)(F)F)c2)CC1. The highest BCUT2D eigenvalue weighted by molar-refractivity contribution is 5.93. The quantitative estimate of drug-likeness (QED) is 0.866. The maximum Gasteiger partial charge on any atom is 0.416 e. The van der Waals surface area contributed by atoms with Gasteiger partial charge in [-0.1, -0.05) is 18.2 Å². The number of benzene rings is 1. The topological polar surface area (TPSA) is 55.4 Å². The van der Waals surface area contributed by atoms with Gasteiger partial charge in [0.1, 0.15) is 6.54 Å². The van der Waals surface area contributed by atoms with Gasteiger partial charge in [0, 0.05) is 0 Å². The zero-order valence-electron chi connectivity index (χ0n) is 11.3. The Kier molecular flexibility index (Phi) is 3.93. The third-order valence-corrected chi connectivity index (χ3v) is 3.55. The van der Waals surface area contributed by atoms with Crippen LogP contribution in [0.3, 0.4) is 0 Å². The number of esters is 1. The van der Waals surface area contributed by atoms with Gasteiger partial charge in [0.05, 0.1) is 18.1 Å². The minimum absolute atomic E-state index is 0.296. The predicted molar refractivity (Wildman–Crippen MR) is 67.4 cm³/mol. The zero-order chi connectivity index (χ0) is 15.7. The van der Waals surface area contributed by atoms with Crippen molar-refractivity contribution in [2.45, 2.75) is 24.4 Å². The molecule has 1 aliphatic carbocycles. The Labute approximate surface area is 119 Å². The lowest BCUT2D eigenvalue weighted by Gasteiger charge is -2.17. The fourth-order valence-corrected chi connectivity index (χ4v) is 2.16. The van der Waals surface area contributed by atoms with Crippen molar-refractivity contribution in [2.24, 2.45) is 0 Å². The van der Waals surface area contributed by atoms with Gasteiger partial charge in [0.2, 0.25) is 5.91 Å². The first kappa shape index (κ1) is 15.3. The number of nitrogens with one attached hydrogen (secondary N) is 1. The number of hydrogen-bond acceptors (Lipinski definition) is 3. The summed E-state index contributed by atoms with van der Waals surface area (Å²) in [5.74, 6) is -1.06. The minimum Gasteiger partial charge on any atom is -0.468 e. The van der Waals surface area contributed by atoms with Gasteiger partial charge in [-0.25, -0.2) is 0 Å². The smallest absolute Gasteiger partial charge is 0.416 e. The fraction of sp³-hybridized carbons (Fsp3) is 0.429. The van der Waals surface area contributed by atoms with Crippen LogP contribution in [0.15, 0.2) is 24.3 Å². The van der Waals surface area contributed by atoms with Gasteiger partial charge in [-0.05, 0) is 24.5 Å². The van der Waals surface area contributed by atoms with Crippen LogP contribution >= 0.6 is 0 Å². The van der Waals surface area contributed by atoms with Crippen molar-refractivity contribution in [1.82, 2.24) is 5.32 Å².